The molecule has 28 heavy (non-hydrogen) atoms. The molecule has 0 saturated carbocycles. The van der Waals surface area contributed by atoms with E-state index in [-0.39, 0.29) is 13.0 Å². The molecular weight excluding hydrogens is 366 g/mol. The quantitative estimate of drug-likeness (QED) is 0.557. The molecule has 1 aliphatic heterocycles. The van der Waals surface area contributed by atoms with Crippen LogP contribution < -0.4 is 11.2 Å². The Balaban J connectivity index is 1.44. The van der Waals surface area contributed by atoms with Crippen molar-refractivity contribution in [3.8, 4) is 0 Å². The number of hydrogen-bond donors (Lipinski definition) is 3. The maximum absolute atomic E-state index is 12.0. The van der Waals surface area contributed by atoms with Gasteiger partial charge in [0.15, 0.2) is 0 Å². The van der Waals surface area contributed by atoms with Gasteiger partial charge in [0.25, 0.3) is 5.56 Å². The van der Waals surface area contributed by atoms with E-state index in [4.69, 9.17) is 9.47 Å². The Morgan fingerprint density at radius 1 is 1.46 bits per heavy atom. The molecule has 9 nitrogen and oxygen atoms in total. The fraction of sp³-hybridized carbons (Fsp3) is 0.526. The number of ether oxygens (including phenoxy) is 2. The Hall–Kier alpha value is -2.33. The van der Waals surface area contributed by atoms with Gasteiger partial charge in [-0.05, 0) is 31.4 Å². The van der Waals surface area contributed by atoms with Crippen LogP contribution in [0.5, 0.6) is 0 Å². The molecule has 1 aliphatic rings. The smallest absolute Gasteiger partial charge is 0.330 e. The third-order valence-corrected chi connectivity index (χ3v) is 4.78. The van der Waals surface area contributed by atoms with Crippen molar-refractivity contribution in [2.45, 2.75) is 50.7 Å². The molecular formula is C19H25N3O6. The molecule has 0 amide bonds. The third-order valence-electron chi connectivity index (χ3n) is 4.78. The van der Waals surface area contributed by atoms with Crippen molar-refractivity contribution < 1.29 is 19.7 Å². The van der Waals surface area contributed by atoms with Crippen LogP contribution in [0.1, 0.15) is 42.7 Å². The van der Waals surface area contributed by atoms with Gasteiger partial charge in [-0.15, -0.1) is 0 Å². The predicted molar refractivity (Wildman–Crippen MR) is 99.8 cm³/mol. The van der Waals surface area contributed by atoms with Gasteiger partial charge in [0.1, 0.15) is 12.3 Å². The minimum atomic E-state index is -0.773. The minimum absolute atomic E-state index is 0.178. The average Bonchev–Trinajstić information content (AvgIpc) is 3.05. The summed E-state index contributed by atoms with van der Waals surface area (Å²) in [4.78, 5) is 29.6. The van der Waals surface area contributed by atoms with Crippen LogP contribution >= 0.6 is 0 Å². The highest BCUT2D eigenvalue weighted by Gasteiger charge is 2.35. The van der Waals surface area contributed by atoms with E-state index in [2.05, 4.69) is 9.97 Å². The molecule has 0 spiro atoms. The normalized spacial score (nSPS) is 23.0. The lowest BCUT2D eigenvalue weighted by Crippen LogP contribution is -2.33. The van der Waals surface area contributed by atoms with E-state index in [1.165, 1.54) is 10.8 Å². The second kappa shape index (κ2) is 9.24. The van der Waals surface area contributed by atoms with E-state index in [0.29, 0.717) is 25.0 Å². The van der Waals surface area contributed by atoms with E-state index in [0.717, 1.165) is 5.56 Å². The van der Waals surface area contributed by atoms with Crippen LogP contribution in [0.2, 0.25) is 0 Å². The summed E-state index contributed by atoms with van der Waals surface area (Å²) in [6, 6.07) is 3.60. The van der Waals surface area contributed by atoms with Crippen molar-refractivity contribution in [2.75, 3.05) is 13.2 Å². The van der Waals surface area contributed by atoms with Gasteiger partial charge in [0.2, 0.25) is 0 Å². The molecule has 2 aromatic heterocycles. The van der Waals surface area contributed by atoms with Crippen LogP contribution in [0.25, 0.3) is 0 Å². The second-order valence-electron chi connectivity index (χ2n) is 6.93. The zero-order valence-electron chi connectivity index (χ0n) is 15.7. The second-order valence-corrected chi connectivity index (χ2v) is 6.93. The van der Waals surface area contributed by atoms with E-state index < -0.39 is 35.8 Å². The van der Waals surface area contributed by atoms with Gasteiger partial charge in [0, 0.05) is 37.2 Å². The SMILES string of the molecule is Cc1cn([C@H]2C[C@H](O)[C@@H](COCCCC(O)c3cccnc3)O2)c(=O)[nH]c1=O. The standard InChI is InChI=1S/C19H25N3O6/c1-12-10-22(19(26)21-18(12)25)17-8-15(24)16(28-17)11-27-7-3-5-14(23)13-4-2-6-20-9-13/h2,4,6,9-10,14-17,23-24H,3,5,7-8,11H2,1H3,(H,21,25,26)/t14?,15-,16+,17+/m0/s1. The van der Waals surface area contributed by atoms with Gasteiger partial charge < -0.3 is 19.7 Å². The summed E-state index contributed by atoms with van der Waals surface area (Å²) in [6.07, 6.45) is 3.55. The lowest BCUT2D eigenvalue weighted by Gasteiger charge is -2.17. The molecule has 2 aromatic rings. The van der Waals surface area contributed by atoms with E-state index >= 15 is 0 Å². The first kappa shape index (κ1) is 20.4. The summed E-state index contributed by atoms with van der Waals surface area (Å²) in [6.45, 7) is 2.19. The first-order valence-electron chi connectivity index (χ1n) is 9.27. The summed E-state index contributed by atoms with van der Waals surface area (Å²) in [5.74, 6) is 0. The van der Waals surface area contributed by atoms with Crippen LogP contribution in [0.15, 0.2) is 40.3 Å². The van der Waals surface area contributed by atoms with E-state index in [1.54, 1.807) is 25.4 Å². The molecule has 9 heteroatoms. The monoisotopic (exact) mass is 391 g/mol. The van der Waals surface area contributed by atoms with Crippen LogP contribution in [-0.4, -0.2) is 50.2 Å². The fourth-order valence-corrected chi connectivity index (χ4v) is 3.15. The zero-order valence-corrected chi connectivity index (χ0v) is 15.7. The van der Waals surface area contributed by atoms with Gasteiger partial charge in [-0.2, -0.15) is 0 Å². The number of aromatic amines is 1. The van der Waals surface area contributed by atoms with Crippen molar-refractivity contribution in [3.63, 3.8) is 0 Å². The number of hydrogen-bond acceptors (Lipinski definition) is 7. The van der Waals surface area contributed by atoms with Crippen molar-refractivity contribution in [3.05, 3.63) is 62.7 Å². The largest absolute Gasteiger partial charge is 0.390 e. The summed E-state index contributed by atoms with van der Waals surface area (Å²) < 4.78 is 12.6. The summed E-state index contributed by atoms with van der Waals surface area (Å²) in [7, 11) is 0. The number of aromatic nitrogens is 3. The highest BCUT2D eigenvalue weighted by atomic mass is 16.6. The van der Waals surface area contributed by atoms with Gasteiger partial charge in [-0.3, -0.25) is 19.3 Å². The van der Waals surface area contributed by atoms with Crippen molar-refractivity contribution in [2.24, 2.45) is 0 Å². The lowest BCUT2D eigenvalue weighted by molar-refractivity contribution is -0.0644. The minimum Gasteiger partial charge on any atom is -0.390 e. The highest BCUT2D eigenvalue weighted by Crippen LogP contribution is 2.28. The van der Waals surface area contributed by atoms with Crippen molar-refractivity contribution in [1.29, 1.82) is 0 Å². The highest BCUT2D eigenvalue weighted by molar-refractivity contribution is 5.11. The molecule has 1 unspecified atom stereocenters. The molecule has 1 saturated heterocycles. The van der Waals surface area contributed by atoms with Crippen LogP contribution in [0.4, 0.5) is 0 Å². The molecule has 3 rings (SSSR count). The molecule has 0 aromatic carbocycles. The topological polar surface area (TPSA) is 127 Å². The van der Waals surface area contributed by atoms with Crippen LogP contribution in [-0.2, 0) is 9.47 Å². The molecule has 4 atom stereocenters. The Labute approximate surface area is 161 Å². The van der Waals surface area contributed by atoms with Crippen LogP contribution in [0, 0.1) is 6.92 Å². The van der Waals surface area contributed by atoms with Crippen molar-refractivity contribution in [1.82, 2.24) is 14.5 Å². The summed E-state index contributed by atoms with van der Waals surface area (Å²) >= 11 is 0. The molecule has 152 valence electrons. The van der Waals surface area contributed by atoms with E-state index in [9.17, 15) is 19.8 Å². The summed E-state index contributed by atoms with van der Waals surface area (Å²) in [5.41, 5.74) is 0.151. The first-order valence-corrected chi connectivity index (χ1v) is 9.27. The number of aliphatic hydroxyl groups is 2. The van der Waals surface area contributed by atoms with Gasteiger partial charge in [0.05, 0.1) is 18.8 Å². The maximum atomic E-state index is 12.0. The Kier molecular flexibility index (Phi) is 6.74. The first-order chi connectivity index (χ1) is 13.5. The van der Waals surface area contributed by atoms with Crippen molar-refractivity contribution >= 4 is 0 Å². The number of nitrogens with zero attached hydrogens (tertiary/aromatic N) is 2. The fourth-order valence-electron chi connectivity index (χ4n) is 3.15. The average molecular weight is 391 g/mol. The predicted octanol–water partition coefficient (Wildman–Crippen LogP) is 0.419. The molecule has 3 N–H and O–H groups in total. The Morgan fingerprint density at radius 3 is 3.04 bits per heavy atom. The zero-order chi connectivity index (χ0) is 20.1. The molecule has 0 radical (unpaired) electrons. The number of nitrogens with one attached hydrogen (secondary N) is 1. The Bertz CT molecular complexity index is 881. The number of aryl methyl sites for hydroxylation is 1. The molecule has 0 aliphatic carbocycles. The Morgan fingerprint density at radius 2 is 2.29 bits per heavy atom. The van der Waals surface area contributed by atoms with Gasteiger partial charge in [-0.1, -0.05) is 6.07 Å². The summed E-state index contributed by atoms with van der Waals surface area (Å²) in [5, 5.41) is 20.3. The van der Waals surface area contributed by atoms with Gasteiger partial charge in [-0.25, -0.2) is 4.79 Å². The number of pyridine rings is 1. The maximum Gasteiger partial charge on any atom is 0.330 e. The number of rotatable bonds is 8. The number of H-pyrrole nitrogens is 1. The number of aliphatic hydroxyl groups excluding tert-OH is 2. The molecule has 0 bridgehead atoms. The lowest BCUT2D eigenvalue weighted by atomic mass is 10.1. The van der Waals surface area contributed by atoms with Gasteiger partial charge >= 0.3 is 5.69 Å². The third kappa shape index (κ3) is 4.93. The van der Waals surface area contributed by atoms with Crippen LogP contribution in [0.3, 0.4) is 0 Å². The van der Waals surface area contributed by atoms with E-state index in [1.807, 2.05) is 6.07 Å². The molecule has 1 fully saturated rings. The molecule has 3 heterocycles.